The fourth-order valence-corrected chi connectivity index (χ4v) is 7.11. The molecule has 1 N–H and O–H groups in total. The van der Waals surface area contributed by atoms with Crippen LogP contribution >= 0.6 is 23.1 Å². The van der Waals surface area contributed by atoms with Gasteiger partial charge in [0.15, 0.2) is 5.16 Å². The number of benzene rings is 1. The quantitative estimate of drug-likeness (QED) is 0.330. The molecular weight excluding hydrogens is 483 g/mol. The van der Waals surface area contributed by atoms with E-state index in [0.29, 0.717) is 9.99 Å². The van der Waals surface area contributed by atoms with E-state index in [-0.39, 0.29) is 23.0 Å². The summed E-state index contributed by atoms with van der Waals surface area (Å²) in [4.78, 5) is 33.0. The first-order valence-corrected chi connectivity index (χ1v) is 13.3. The number of amides is 1. The third-order valence-electron chi connectivity index (χ3n) is 6.52. The van der Waals surface area contributed by atoms with E-state index in [1.165, 1.54) is 23.1 Å². The number of aryl methyl sites for hydroxylation is 2. The Balaban J connectivity index is 1.44. The number of para-hydroxylation sites is 1. The normalized spacial score (nSPS) is 16.7. The SMILES string of the molecule is O=C(CSc1nc2sc3c(c2c(=O)n1C1CCCC1)CCCC3)Nc1ccccc1C(F)(F)F. The van der Waals surface area contributed by atoms with E-state index >= 15 is 0 Å². The summed E-state index contributed by atoms with van der Waals surface area (Å²) in [6.07, 6.45) is 3.31. The van der Waals surface area contributed by atoms with Gasteiger partial charge in [0.2, 0.25) is 5.91 Å². The third-order valence-corrected chi connectivity index (χ3v) is 8.66. The van der Waals surface area contributed by atoms with Crippen LogP contribution in [0.3, 0.4) is 0 Å². The van der Waals surface area contributed by atoms with Crippen molar-refractivity contribution >= 4 is 44.9 Å². The van der Waals surface area contributed by atoms with Crippen LogP contribution in [0.2, 0.25) is 0 Å². The number of hydrogen-bond donors (Lipinski definition) is 1. The van der Waals surface area contributed by atoms with E-state index in [1.54, 1.807) is 15.9 Å². The van der Waals surface area contributed by atoms with E-state index < -0.39 is 17.6 Å². The summed E-state index contributed by atoms with van der Waals surface area (Å²) in [5.41, 5.74) is -0.0711. The summed E-state index contributed by atoms with van der Waals surface area (Å²) in [7, 11) is 0. The number of thioether (sulfide) groups is 1. The smallest absolute Gasteiger partial charge is 0.325 e. The molecule has 0 radical (unpaired) electrons. The average Bonchev–Trinajstić information content (AvgIpc) is 3.45. The number of thiophene rings is 1. The Bertz CT molecular complexity index is 1290. The number of carbonyl (C=O) groups is 1. The summed E-state index contributed by atoms with van der Waals surface area (Å²) in [5, 5.41) is 3.57. The number of aromatic nitrogens is 2. The standard InChI is InChI=1S/C24H24F3N3O2S2/c25-24(26,27)16-10-4-5-11-17(16)28-19(31)13-33-23-29-21-20(15-9-3-6-12-18(15)34-21)22(32)30(23)14-7-1-2-8-14/h4-5,10-11,14H,1-3,6-9,12-13H2,(H,28,31). The molecule has 0 saturated heterocycles. The van der Waals surface area contributed by atoms with Crippen LogP contribution in [0.15, 0.2) is 34.2 Å². The number of rotatable bonds is 5. The second-order valence-corrected chi connectivity index (χ2v) is 10.8. The molecule has 5 rings (SSSR count). The Labute approximate surface area is 202 Å². The topological polar surface area (TPSA) is 64.0 Å². The van der Waals surface area contributed by atoms with Gasteiger partial charge in [0, 0.05) is 10.9 Å². The molecule has 34 heavy (non-hydrogen) atoms. The van der Waals surface area contributed by atoms with Gasteiger partial charge < -0.3 is 5.32 Å². The molecular formula is C24H24F3N3O2S2. The van der Waals surface area contributed by atoms with Crippen LogP contribution in [0, 0.1) is 0 Å². The van der Waals surface area contributed by atoms with E-state index in [0.717, 1.165) is 80.1 Å². The number of hydrogen-bond acceptors (Lipinski definition) is 5. The molecule has 1 amide bonds. The van der Waals surface area contributed by atoms with Crippen molar-refractivity contribution in [2.75, 3.05) is 11.1 Å². The zero-order chi connectivity index (χ0) is 23.9. The highest BCUT2D eigenvalue weighted by atomic mass is 32.2. The molecule has 0 unspecified atom stereocenters. The number of alkyl halides is 3. The molecule has 0 spiro atoms. The molecule has 5 nitrogen and oxygen atoms in total. The number of nitrogens with zero attached hydrogens (tertiary/aromatic N) is 2. The van der Waals surface area contributed by atoms with Gasteiger partial charge >= 0.3 is 6.18 Å². The lowest BCUT2D eigenvalue weighted by atomic mass is 9.97. The molecule has 10 heteroatoms. The predicted octanol–water partition coefficient (Wildman–Crippen LogP) is 6.20. The van der Waals surface area contributed by atoms with Crippen LogP contribution in [-0.4, -0.2) is 21.2 Å². The van der Waals surface area contributed by atoms with E-state index in [1.807, 2.05) is 0 Å². The van der Waals surface area contributed by atoms with Crippen LogP contribution in [0.4, 0.5) is 18.9 Å². The largest absolute Gasteiger partial charge is 0.418 e. The monoisotopic (exact) mass is 507 g/mol. The van der Waals surface area contributed by atoms with Gasteiger partial charge in [-0.15, -0.1) is 11.3 Å². The number of nitrogens with one attached hydrogen (secondary N) is 1. The summed E-state index contributed by atoms with van der Waals surface area (Å²) < 4.78 is 41.5. The zero-order valence-electron chi connectivity index (χ0n) is 18.4. The Morgan fingerprint density at radius 1 is 1.15 bits per heavy atom. The maximum Gasteiger partial charge on any atom is 0.418 e. The van der Waals surface area contributed by atoms with Crippen LogP contribution in [0.5, 0.6) is 0 Å². The van der Waals surface area contributed by atoms with Gasteiger partial charge in [0.05, 0.1) is 22.4 Å². The zero-order valence-corrected chi connectivity index (χ0v) is 20.0. The Kier molecular flexibility index (Phi) is 6.45. The van der Waals surface area contributed by atoms with Crippen LogP contribution in [0.1, 0.15) is 60.6 Å². The maximum absolute atomic E-state index is 13.7. The van der Waals surface area contributed by atoms with Crippen molar-refractivity contribution in [2.24, 2.45) is 0 Å². The van der Waals surface area contributed by atoms with Gasteiger partial charge in [0.1, 0.15) is 4.83 Å². The van der Waals surface area contributed by atoms with Gasteiger partial charge in [-0.3, -0.25) is 14.2 Å². The summed E-state index contributed by atoms with van der Waals surface area (Å²) >= 11 is 2.67. The molecule has 180 valence electrons. The van der Waals surface area contributed by atoms with Gasteiger partial charge in [0.25, 0.3) is 5.56 Å². The minimum atomic E-state index is -4.56. The summed E-state index contributed by atoms with van der Waals surface area (Å²) in [5.74, 6) is -0.707. The minimum absolute atomic E-state index is 0.0402. The van der Waals surface area contributed by atoms with Crippen molar-refractivity contribution in [3.63, 3.8) is 0 Å². The first-order valence-electron chi connectivity index (χ1n) is 11.5. The fraction of sp³-hybridized carbons (Fsp3) is 0.458. The number of carbonyl (C=O) groups excluding carboxylic acids is 1. The van der Waals surface area contributed by atoms with Crippen LogP contribution in [-0.2, 0) is 23.8 Å². The van der Waals surface area contributed by atoms with Crippen molar-refractivity contribution in [3.8, 4) is 0 Å². The second kappa shape index (κ2) is 9.37. The Morgan fingerprint density at radius 3 is 2.65 bits per heavy atom. The molecule has 1 fully saturated rings. The molecule has 3 aromatic rings. The lowest BCUT2D eigenvalue weighted by Gasteiger charge is -2.18. The van der Waals surface area contributed by atoms with Crippen molar-refractivity contribution in [1.82, 2.24) is 9.55 Å². The molecule has 2 heterocycles. The van der Waals surface area contributed by atoms with Gasteiger partial charge in [-0.05, 0) is 56.2 Å². The van der Waals surface area contributed by atoms with Crippen LogP contribution < -0.4 is 10.9 Å². The second-order valence-electron chi connectivity index (χ2n) is 8.78. The number of anilines is 1. The summed E-state index contributed by atoms with van der Waals surface area (Å²) in [6.45, 7) is 0. The van der Waals surface area contributed by atoms with E-state index in [9.17, 15) is 22.8 Å². The lowest BCUT2D eigenvalue weighted by molar-refractivity contribution is -0.137. The predicted molar refractivity (Wildman–Crippen MR) is 129 cm³/mol. The molecule has 0 bridgehead atoms. The highest BCUT2D eigenvalue weighted by Crippen LogP contribution is 2.38. The molecule has 0 atom stereocenters. The van der Waals surface area contributed by atoms with Crippen molar-refractivity contribution in [1.29, 1.82) is 0 Å². The van der Waals surface area contributed by atoms with E-state index in [4.69, 9.17) is 4.98 Å². The summed E-state index contributed by atoms with van der Waals surface area (Å²) in [6, 6.07) is 4.95. The molecule has 1 aromatic carbocycles. The minimum Gasteiger partial charge on any atom is -0.325 e. The van der Waals surface area contributed by atoms with Crippen LogP contribution in [0.25, 0.3) is 10.2 Å². The maximum atomic E-state index is 13.7. The van der Waals surface area contributed by atoms with Crippen molar-refractivity contribution in [3.05, 3.63) is 50.6 Å². The highest BCUT2D eigenvalue weighted by Gasteiger charge is 2.33. The molecule has 2 aliphatic carbocycles. The van der Waals surface area contributed by atoms with Gasteiger partial charge in [-0.2, -0.15) is 13.2 Å². The molecule has 0 aliphatic heterocycles. The molecule has 2 aliphatic rings. The molecule has 1 saturated carbocycles. The Morgan fingerprint density at radius 2 is 1.88 bits per heavy atom. The van der Waals surface area contributed by atoms with Crippen molar-refractivity contribution < 1.29 is 18.0 Å². The van der Waals surface area contributed by atoms with Gasteiger partial charge in [-0.25, -0.2) is 4.98 Å². The average molecular weight is 508 g/mol. The Hall–Kier alpha value is -2.33. The van der Waals surface area contributed by atoms with Gasteiger partial charge in [-0.1, -0.05) is 36.7 Å². The fourth-order valence-electron chi connectivity index (χ4n) is 4.94. The number of halogens is 3. The third kappa shape index (κ3) is 4.49. The highest BCUT2D eigenvalue weighted by molar-refractivity contribution is 7.99. The first-order chi connectivity index (χ1) is 16.3. The van der Waals surface area contributed by atoms with Crippen molar-refractivity contribution in [2.45, 2.75) is 68.7 Å². The van der Waals surface area contributed by atoms with E-state index in [2.05, 4.69) is 5.32 Å². The molecule has 2 aromatic heterocycles. The number of fused-ring (bicyclic) bond motifs is 3. The lowest BCUT2D eigenvalue weighted by Crippen LogP contribution is -2.27. The first kappa shape index (κ1) is 23.4.